The normalized spacial score (nSPS) is 44.4. The number of hydrogen-bond donors (Lipinski definition) is 2. The summed E-state index contributed by atoms with van der Waals surface area (Å²) in [6.45, 7) is 0. The molecule has 0 aromatic rings. The lowest BCUT2D eigenvalue weighted by Crippen LogP contribution is -2.57. The number of rotatable bonds is 0. The Morgan fingerprint density at radius 1 is 1.50 bits per heavy atom. The Bertz CT molecular complexity index is 323. The zero-order chi connectivity index (χ0) is 9.54. The van der Waals surface area contributed by atoms with E-state index in [0.29, 0.717) is 18.1 Å². The van der Waals surface area contributed by atoms with Crippen molar-refractivity contribution < 1.29 is 4.79 Å². The molecule has 3 rings (SSSR count). The first-order valence-corrected chi connectivity index (χ1v) is 5.09. The van der Waals surface area contributed by atoms with Gasteiger partial charge in [0.2, 0.25) is 0 Å². The smallest absolute Gasteiger partial charge is 0.141 e. The second kappa shape index (κ2) is 2.92. The number of nitrogens with one attached hydrogen (secondary N) is 2. The van der Waals surface area contributed by atoms with Crippen molar-refractivity contribution in [1.82, 2.24) is 10.7 Å². The lowest BCUT2D eigenvalue weighted by Gasteiger charge is -2.38. The van der Waals surface area contributed by atoms with Crippen LogP contribution in [0, 0.1) is 11.8 Å². The molecule has 74 valence electrons. The third kappa shape index (κ3) is 1.10. The number of nitrogens with zero attached hydrogens (tertiary/aromatic N) is 1. The van der Waals surface area contributed by atoms with E-state index in [1.807, 2.05) is 12.3 Å². The van der Waals surface area contributed by atoms with Gasteiger partial charge in [-0.3, -0.25) is 15.5 Å². The minimum Gasteiger partial charge on any atom is -0.299 e. The fourth-order valence-corrected chi connectivity index (χ4v) is 2.53. The van der Waals surface area contributed by atoms with Crippen molar-refractivity contribution in [3.63, 3.8) is 0 Å². The SMILES string of the molecule is O=C1CC=CC2NC3NN=CC3CC12. The van der Waals surface area contributed by atoms with Crippen LogP contribution in [0.15, 0.2) is 17.3 Å². The summed E-state index contributed by atoms with van der Waals surface area (Å²) in [6.07, 6.45) is 7.76. The second-order valence-electron chi connectivity index (χ2n) is 4.18. The van der Waals surface area contributed by atoms with Crippen molar-refractivity contribution in [2.75, 3.05) is 0 Å². The van der Waals surface area contributed by atoms with Crippen LogP contribution in [0.2, 0.25) is 0 Å². The van der Waals surface area contributed by atoms with Gasteiger partial charge < -0.3 is 0 Å². The van der Waals surface area contributed by atoms with E-state index in [1.165, 1.54) is 0 Å². The Morgan fingerprint density at radius 3 is 3.36 bits per heavy atom. The lowest BCUT2D eigenvalue weighted by molar-refractivity contribution is -0.124. The van der Waals surface area contributed by atoms with E-state index in [0.717, 1.165) is 6.42 Å². The molecule has 3 aliphatic rings. The van der Waals surface area contributed by atoms with Crippen molar-refractivity contribution in [2.45, 2.75) is 25.0 Å². The monoisotopic (exact) mass is 191 g/mol. The highest BCUT2D eigenvalue weighted by molar-refractivity contribution is 5.85. The minimum atomic E-state index is 0.160. The number of fused-ring (bicyclic) bond motifs is 2. The van der Waals surface area contributed by atoms with Gasteiger partial charge in [0.05, 0.1) is 0 Å². The molecule has 0 amide bonds. The number of carbonyl (C=O) groups is 1. The van der Waals surface area contributed by atoms with Gasteiger partial charge in [0.15, 0.2) is 0 Å². The highest BCUT2D eigenvalue weighted by Crippen LogP contribution is 2.29. The Labute approximate surface area is 82.4 Å². The highest BCUT2D eigenvalue weighted by Gasteiger charge is 2.40. The predicted octanol–water partition coefficient (Wildman–Crippen LogP) is 0.0248. The summed E-state index contributed by atoms with van der Waals surface area (Å²) in [6, 6.07) is 0.215. The van der Waals surface area contributed by atoms with E-state index in [-0.39, 0.29) is 18.1 Å². The summed E-state index contributed by atoms with van der Waals surface area (Å²) in [5, 5.41) is 7.44. The van der Waals surface area contributed by atoms with Gasteiger partial charge in [-0.25, -0.2) is 0 Å². The quantitative estimate of drug-likeness (QED) is 0.531. The number of piperidine rings is 1. The fourth-order valence-electron chi connectivity index (χ4n) is 2.53. The first-order chi connectivity index (χ1) is 6.84. The van der Waals surface area contributed by atoms with Gasteiger partial charge in [0, 0.05) is 30.5 Å². The summed E-state index contributed by atoms with van der Waals surface area (Å²) >= 11 is 0. The summed E-state index contributed by atoms with van der Waals surface area (Å²) in [7, 11) is 0. The van der Waals surface area contributed by atoms with Gasteiger partial charge in [-0.15, -0.1) is 0 Å². The Kier molecular flexibility index (Phi) is 1.70. The van der Waals surface area contributed by atoms with Crippen LogP contribution in [0.25, 0.3) is 0 Å². The molecule has 2 aliphatic heterocycles. The average molecular weight is 191 g/mol. The fraction of sp³-hybridized carbons (Fsp3) is 0.600. The van der Waals surface area contributed by atoms with E-state index in [9.17, 15) is 4.79 Å². The van der Waals surface area contributed by atoms with Gasteiger partial charge >= 0.3 is 0 Å². The lowest BCUT2D eigenvalue weighted by atomic mass is 9.77. The number of Topliss-reactive ketones (excluding diaryl/α,β-unsaturated/α-hetero) is 1. The molecule has 0 radical (unpaired) electrons. The predicted molar refractivity (Wildman–Crippen MR) is 52.7 cm³/mol. The van der Waals surface area contributed by atoms with Crippen LogP contribution in [-0.2, 0) is 4.79 Å². The van der Waals surface area contributed by atoms with Gasteiger partial charge in [0.25, 0.3) is 0 Å². The van der Waals surface area contributed by atoms with Crippen LogP contribution in [0.3, 0.4) is 0 Å². The molecule has 0 aromatic heterocycles. The number of carbonyl (C=O) groups excluding carboxylic acids is 1. The molecule has 14 heavy (non-hydrogen) atoms. The molecule has 2 N–H and O–H groups in total. The van der Waals surface area contributed by atoms with Gasteiger partial charge in [0.1, 0.15) is 11.9 Å². The first kappa shape index (κ1) is 8.17. The molecular weight excluding hydrogens is 178 g/mol. The van der Waals surface area contributed by atoms with Gasteiger partial charge in [-0.05, 0) is 6.42 Å². The van der Waals surface area contributed by atoms with E-state index < -0.39 is 0 Å². The standard InChI is InChI=1S/C10H13N3O/c14-9-3-1-2-8-7(9)4-6-5-11-13-10(6)12-8/h1-2,5-8,10,12-13H,3-4H2. The van der Waals surface area contributed by atoms with E-state index in [4.69, 9.17) is 0 Å². The molecule has 0 aromatic carbocycles. The van der Waals surface area contributed by atoms with E-state index in [1.54, 1.807) is 0 Å². The molecule has 4 nitrogen and oxygen atoms in total. The van der Waals surface area contributed by atoms with Crippen LogP contribution < -0.4 is 10.7 Å². The maximum absolute atomic E-state index is 11.7. The molecule has 1 saturated heterocycles. The maximum Gasteiger partial charge on any atom is 0.141 e. The molecule has 4 heteroatoms. The zero-order valence-corrected chi connectivity index (χ0v) is 7.81. The van der Waals surface area contributed by atoms with Crippen molar-refractivity contribution in [1.29, 1.82) is 0 Å². The van der Waals surface area contributed by atoms with Crippen molar-refractivity contribution >= 4 is 12.0 Å². The second-order valence-corrected chi connectivity index (χ2v) is 4.18. The Morgan fingerprint density at radius 2 is 2.43 bits per heavy atom. The summed E-state index contributed by atoms with van der Waals surface area (Å²) in [5.74, 6) is 0.906. The third-order valence-corrected chi connectivity index (χ3v) is 3.32. The zero-order valence-electron chi connectivity index (χ0n) is 7.81. The number of allylic oxidation sites excluding steroid dienone is 1. The van der Waals surface area contributed by atoms with Crippen LogP contribution >= 0.6 is 0 Å². The first-order valence-electron chi connectivity index (χ1n) is 5.09. The van der Waals surface area contributed by atoms with Crippen molar-refractivity contribution in [3.8, 4) is 0 Å². The largest absolute Gasteiger partial charge is 0.299 e. The molecule has 0 saturated carbocycles. The minimum absolute atomic E-state index is 0.160. The highest BCUT2D eigenvalue weighted by atomic mass is 16.1. The van der Waals surface area contributed by atoms with Crippen LogP contribution in [0.1, 0.15) is 12.8 Å². The average Bonchev–Trinajstić information content (AvgIpc) is 2.62. The molecule has 1 fully saturated rings. The van der Waals surface area contributed by atoms with Crippen LogP contribution in [-0.4, -0.2) is 24.2 Å². The Hall–Kier alpha value is -1.16. The van der Waals surface area contributed by atoms with Gasteiger partial charge in [-0.1, -0.05) is 12.2 Å². The molecule has 4 atom stereocenters. The molecule has 2 heterocycles. The van der Waals surface area contributed by atoms with E-state index >= 15 is 0 Å². The molecule has 4 unspecified atom stereocenters. The molecule has 0 bridgehead atoms. The van der Waals surface area contributed by atoms with Crippen molar-refractivity contribution in [3.05, 3.63) is 12.2 Å². The van der Waals surface area contributed by atoms with Crippen molar-refractivity contribution in [2.24, 2.45) is 16.9 Å². The van der Waals surface area contributed by atoms with Gasteiger partial charge in [-0.2, -0.15) is 5.10 Å². The summed E-state index contributed by atoms with van der Waals surface area (Å²) < 4.78 is 0. The number of hydrogen-bond acceptors (Lipinski definition) is 4. The summed E-state index contributed by atoms with van der Waals surface area (Å²) in [5.41, 5.74) is 3.02. The van der Waals surface area contributed by atoms with Crippen LogP contribution in [0.5, 0.6) is 0 Å². The number of hydrazone groups is 1. The van der Waals surface area contributed by atoms with E-state index in [2.05, 4.69) is 21.9 Å². The van der Waals surface area contributed by atoms with Crippen LogP contribution in [0.4, 0.5) is 0 Å². The molecule has 1 aliphatic carbocycles. The number of ketones is 1. The molecule has 0 spiro atoms. The maximum atomic E-state index is 11.7. The topological polar surface area (TPSA) is 53.5 Å². The molecular formula is C10H13N3O. The third-order valence-electron chi connectivity index (χ3n) is 3.32. The summed E-state index contributed by atoms with van der Waals surface area (Å²) in [4.78, 5) is 11.7. The Balaban J connectivity index is 1.85.